The predicted octanol–water partition coefficient (Wildman–Crippen LogP) is 2.19. The van der Waals surface area contributed by atoms with Crippen molar-refractivity contribution in [1.82, 2.24) is 9.80 Å². The number of nitrogens with zero attached hydrogens (tertiary/aromatic N) is 2. The summed E-state index contributed by atoms with van der Waals surface area (Å²) in [5.74, 6) is 2.45. The van der Waals surface area contributed by atoms with Gasteiger partial charge in [0, 0.05) is 33.0 Å². The molecule has 1 atom stereocenters. The number of likely N-dealkylation sites (tertiary alicyclic amines) is 1. The molecule has 2 aliphatic heterocycles. The van der Waals surface area contributed by atoms with Crippen molar-refractivity contribution in [2.24, 2.45) is 5.92 Å². The Hall–Kier alpha value is -1.75. The lowest BCUT2D eigenvalue weighted by atomic mass is 10.1. The Morgan fingerprint density at radius 2 is 2.08 bits per heavy atom. The van der Waals surface area contributed by atoms with Crippen LogP contribution in [0.15, 0.2) is 18.2 Å². The van der Waals surface area contributed by atoms with E-state index in [4.69, 9.17) is 9.47 Å². The number of rotatable bonds is 5. The molecule has 2 aliphatic rings. The average molecular weight is 332 g/mol. The predicted molar refractivity (Wildman–Crippen MR) is 93.6 cm³/mol. The molecule has 5 nitrogen and oxygen atoms in total. The minimum atomic E-state index is 0.219. The number of ether oxygens (including phenoxy) is 2. The lowest BCUT2D eigenvalue weighted by Gasteiger charge is -2.21. The monoisotopic (exact) mass is 332 g/mol. The number of amides is 1. The summed E-state index contributed by atoms with van der Waals surface area (Å²) in [5.41, 5.74) is 1.13. The minimum Gasteiger partial charge on any atom is -0.490 e. The standard InChI is InChI=1S/C19H28N2O3/c1-20-9-8-16(13-20)14-21(2)19(22)7-5-15-4-6-17-18(12-15)24-11-3-10-23-17/h4,6,12,16H,3,5,7-11,13-14H2,1-2H3/t16-/m0/s1. The van der Waals surface area contributed by atoms with E-state index in [1.165, 1.54) is 6.42 Å². The maximum absolute atomic E-state index is 12.4. The van der Waals surface area contributed by atoms with Gasteiger partial charge in [-0.15, -0.1) is 0 Å². The second-order valence-corrected chi connectivity index (χ2v) is 7.02. The molecular weight excluding hydrogens is 304 g/mol. The topological polar surface area (TPSA) is 42.0 Å². The van der Waals surface area contributed by atoms with Crippen LogP contribution in [0.4, 0.5) is 0 Å². The SMILES string of the molecule is CN1CC[C@H](CN(C)C(=O)CCc2ccc3c(c2)OCCCO3)C1. The van der Waals surface area contributed by atoms with Gasteiger partial charge in [0.25, 0.3) is 0 Å². The van der Waals surface area contributed by atoms with Crippen molar-refractivity contribution < 1.29 is 14.3 Å². The van der Waals surface area contributed by atoms with Crippen LogP contribution in [-0.2, 0) is 11.2 Å². The summed E-state index contributed by atoms with van der Waals surface area (Å²) in [4.78, 5) is 16.6. The van der Waals surface area contributed by atoms with E-state index in [1.807, 2.05) is 30.1 Å². The number of carbonyl (C=O) groups excluding carboxylic acids is 1. The van der Waals surface area contributed by atoms with E-state index in [0.717, 1.165) is 49.5 Å². The smallest absolute Gasteiger partial charge is 0.222 e. The molecule has 0 unspecified atom stereocenters. The number of hydrogen-bond donors (Lipinski definition) is 0. The van der Waals surface area contributed by atoms with Crippen LogP contribution in [0.5, 0.6) is 11.5 Å². The van der Waals surface area contributed by atoms with E-state index in [1.54, 1.807) is 0 Å². The van der Waals surface area contributed by atoms with Crippen molar-refractivity contribution in [3.63, 3.8) is 0 Å². The van der Waals surface area contributed by atoms with Gasteiger partial charge in [0.1, 0.15) is 0 Å². The van der Waals surface area contributed by atoms with Crippen LogP contribution in [-0.4, -0.2) is 62.7 Å². The first kappa shape index (κ1) is 17.1. The maximum Gasteiger partial charge on any atom is 0.222 e. The van der Waals surface area contributed by atoms with Crippen LogP contribution in [0.2, 0.25) is 0 Å². The normalized spacial score (nSPS) is 20.7. The van der Waals surface area contributed by atoms with Crippen molar-refractivity contribution in [3.8, 4) is 11.5 Å². The fourth-order valence-electron chi connectivity index (χ4n) is 3.47. The number of fused-ring (bicyclic) bond motifs is 1. The van der Waals surface area contributed by atoms with E-state index in [0.29, 0.717) is 25.6 Å². The second-order valence-electron chi connectivity index (χ2n) is 7.02. The molecule has 3 rings (SSSR count). The number of aryl methyl sites for hydroxylation is 1. The van der Waals surface area contributed by atoms with Gasteiger partial charge in [-0.25, -0.2) is 0 Å². The van der Waals surface area contributed by atoms with Gasteiger partial charge >= 0.3 is 0 Å². The van der Waals surface area contributed by atoms with Gasteiger partial charge in [0.15, 0.2) is 11.5 Å². The first-order valence-electron chi connectivity index (χ1n) is 8.93. The van der Waals surface area contributed by atoms with Gasteiger partial charge < -0.3 is 19.3 Å². The van der Waals surface area contributed by atoms with Gasteiger partial charge in [-0.05, 0) is 50.0 Å². The molecule has 132 valence electrons. The Labute approximate surface area is 144 Å². The van der Waals surface area contributed by atoms with Gasteiger partial charge in [-0.1, -0.05) is 6.07 Å². The van der Waals surface area contributed by atoms with Crippen LogP contribution in [0.25, 0.3) is 0 Å². The highest BCUT2D eigenvalue weighted by atomic mass is 16.5. The highest BCUT2D eigenvalue weighted by Gasteiger charge is 2.22. The summed E-state index contributed by atoms with van der Waals surface area (Å²) >= 11 is 0. The largest absolute Gasteiger partial charge is 0.490 e. The number of hydrogen-bond acceptors (Lipinski definition) is 4. The highest BCUT2D eigenvalue weighted by molar-refractivity contribution is 5.76. The summed E-state index contributed by atoms with van der Waals surface area (Å²) < 4.78 is 11.4. The molecule has 1 aromatic carbocycles. The van der Waals surface area contributed by atoms with Gasteiger partial charge in [-0.2, -0.15) is 0 Å². The van der Waals surface area contributed by atoms with Crippen LogP contribution in [0.1, 0.15) is 24.8 Å². The van der Waals surface area contributed by atoms with Crippen LogP contribution in [0.3, 0.4) is 0 Å². The molecule has 24 heavy (non-hydrogen) atoms. The fourth-order valence-corrected chi connectivity index (χ4v) is 3.47. The van der Waals surface area contributed by atoms with Crippen molar-refractivity contribution in [1.29, 1.82) is 0 Å². The van der Waals surface area contributed by atoms with Gasteiger partial charge in [0.05, 0.1) is 13.2 Å². The zero-order valence-electron chi connectivity index (χ0n) is 14.8. The molecule has 1 fully saturated rings. The van der Waals surface area contributed by atoms with Crippen LogP contribution in [0, 0.1) is 5.92 Å². The molecule has 0 bridgehead atoms. The first-order chi connectivity index (χ1) is 11.6. The quantitative estimate of drug-likeness (QED) is 0.829. The Morgan fingerprint density at radius 1 is 1.29 bits per heavy atom. The number of benzene rings is 1. The molecule has 5 heteroatoms. The highest BCUT2D eigenvalue weighted by Crippen LogP contribution is 2.30. The Bertz CT molecular complexity index is 576. The lowest BCUT2D eigenvalue weighted by molar-refractivity contribution is -0.130. The van der Waals surface area contributed by atoms with E-state index < -0.39 is 0 Å². The van der Waals surface area contributed by atoms with Crippen LogP contribution < -0.4 is 9.47 Å². The second kappa shape index (κ2) is 7.88. The molecule has 0 spiro atoms. The molecule has 1 amide bonds. The lowest BCUT2D eigenvalue weighted by Crippen LogP contribution is -2.32. The zero-order chi connectivity index (χ0) is 16.9. The molecule has 1 saturated heterocycles. The summed E-state index contributed by atoms with van der Waals surface area (Å²) in [6.07, 6.45) is 3.38. The average Bonchev–Trinajstić information content (AvgIpc) is 2.84. The van der Waals surface area contributed by atoms with E-state index >= 15 is 0 Å². The molecule has 0 N–H and O–H groups in total. The molecule has 0 aliphatic carbocycles. The van der Waals surface area contributed by atoms with Crippen molar-refractivity contribution in [2.75, 3.05) is 46.9 Å². The molecule has 0 aromatic heterocycles. The van der Waals surface area contributed by atoms with Gasteiger partial charge in [-0.3, -0.25) is 4.79 Å². The zero-order valence-corrected chi connectivity index (χ0v) is 14.8. The van der Waals surface area contributed by atoms with E-state index in [2.05, 4.69) is 11.9 Å². The van der Waals surface area contributed by atoms with Crippen molar-refractivity contribution in [2.45, 2.75) is 25.7 Å². The Balaban J connectivity index is 1.49. The molecule has 0 radical (unpaired) electrons. The van der Waals surface area contributed by atoms with Crippen LogP contribution >= 0.6 is 0 Å². The summed E-state index contributed by atoms with van der Waals surface area (Å²) in [7, 11) is 4.07. The van der Waals surface area contributed by atoms with Crippen molar-refractivity contribution in [3.05, 3.63) is 23.8 Å². The van der Waals surface area contributed by atoms with Crippen molar-refractivity contribution >= 4 is 5.91 Å². The summed E-state index contributed by atoms with van der Waals surface area (Å²) in [5, 5.41) is 0. The number of carbonyl (C=O) groups is 1. The van der Waals surface area contributed by atoms with E-state index in [-0.39, 0.29) is 5.91 Å². The summed E-state index contributed by atoms with van der Waals surface area (Å²) in [6.45, 7) is 4.49. The molecule has 2 heterocycles. The third-order valence-corrected chi connectivity index (χ3v) is 4.89. The molecular formula is C19H28N2O3. The van der Waals surface area contributed by atoms with E-state index in [9.17, 15) is 4.79 Å². The third-order valence-electron chi connectivity index (χ3n) is 4.89. The maximum atomic E-state index is 12.4. The fraction of sp³-hybridized carbons (Fsp3) is 0.632. The molecule has 1 aromatic rings. The minimum absolute atomic E-state index is 0.219. The Kier molecular flexibility index (Phi) is 5.61. The molecule has 0 saturated carbocycles. The summed E-state index contributed by atoms with van der Waals surface area (Å²) in [6, 6.07) is 6.01. The Morgan fingerprint density at radius 3 is 2.83 bits per heavy atom. The van der Waals surface area contributed by atoms with Gasteiger partial charge in [0.2, 0.25) is 5.91 Å². The third kappa shape index (κ3) is 4.41. The first-order valence-corrected chi connectivity index (χ1v) is 8.93.